The number of nitrogens with zero attached hydrogens (tertiary/aromatic N) is 5. The molecule has 18 rings (SSSR count). The summed E-state index contributed by atoms with van der Waals surface area (Å²) in [7, 11) is 0. The molecule has 0 aliphatic carbocycles. The fourth-order valence-corrected chi connectivity index (χ4v) is 21.1. The van der Waals surface area contributed by atoms with Crippen molar-refractivity contribution in [3.05, 3.63) is 236 Å². The summed E-state index contributed by atoms with van der Waals surface area (Å²) in [6.45, 7) is 93.2. The van der Waals surface area contributed by atoms with Crippen LogP contribution in [0.1, 0.15) is 342 Å². The van der Waals surface area contributed by atoms with Gasteiger partial charge in [-0.25, -0.2) is 0 Å². The largest absolute Gasteiger partial charge is 0.453 e. The zero-order valence-electron chi connectivity index (χ0n) is 85.0. The molecule has 0 atom stereocenters. The maximum atomic E-state index is 8.07. The lowest BCUT2D eigenvalue weighted by molar-refractivity contribution is 0.470. The number of fused-ring (bicyclic) bond motifs is 10. The monoisotopic (exact) mass is 1680 g/mol. The van der Waals surface area contributed by atoms with Crippen LogP contribution in [0.4, 0.5) is 85.3 Å². The molecule has 9 heteroatoms. The van der Waals surface area contributed by atoms with Gasteiger partial charge in [-0.05, 0) is 289 Å². The predicted molar refractivity (Wildman–Crippen MR) is 557 cm³/mol. The molecule has 0 bridgehead atoms. The fraction of sp³-hybridized carbons (Fsp3) is 0.441. The number of anilines is 15. The highest BCUT2D eigenvalue weighted by Crippen LogP contribution is 2.60. The van der Waals surface area contributed by atoms with Gasteiger partial charge in [-0.3, -0.25) is 0 Å². The van der Waals surface area contributed by atoms with E-state index in [0.717, 1.165) is 28.6 Å². The van der Waals surface area contributed by atoms with Crippen LogP contribution in [0.25, 0.3) is 0 Å². The van der Waals surface area contributed by atoms with E-state index in [2.05, 4.69) is 458 Å². The summed E-state index contributed by atoms with van der Waals surface area (Å²) in [6, 6.07) is 69.6. The van der Waals surface area contributed by atoms with E-state index in [4.69, 9.17) is 4.74 Å². The minimum absolute atomic E-state index is 0.144. The van der Waals surface area contributed by atoms with Gasteiger partial charge in [0.1, 0.15) is 0 Å². The quantitative estimate of drug-likeness (QED) is 0.163. The Morgan fingerprint density at radius 1 is 0.165 bits per heavy atom. The third kappa shape index (κ3) is 14.3. The Morgan fingerprint density at radius 3 is 0.646 bits per heavy atom. The van der Waals surface area contributed by atoms with Crippen molar-refractivity contribution in [2.24, 2.45) is 0 Å². The molecule has 11 aromatic rings. The highest BCUT2D eigenvalue weighted by atomic mass is 16.5. The van der Waals surface area contributed by atoms with Crippen LogP contribution in [0.5, 0.6) is 11.5 Å². The fourth-order valence-electron chi connectivity index (χ4n) is 21.1. The molecule has 0 saturated carbocycles. The number of rotatable bonds is 4. The second kappa shape index (κ2) is 27.5. The molecule has 11 aromatic carbocycles. The molecule has 656 valence electrons. The molecule has 0 aromatic heterocycles. The van der Waals surface area contributed by atoms with Crippen molar-refractivity contribution in [2.75, 3.05) is 24.5 Å². The topological polar surface area (TPSA) is 25.4 Å². The van der Waals surface area contributed by atoms with E-state index in [1.54, 1.807) is 0 Å². The summed E-state index contributed by atoms with van der Waals surface area (Å²) in [4.78, 5) is 13.9. The van der Waals surface area contributed by atoms with Crippen LogP contribution in [0.15, 0.2) is 164 Å². The predicted octanol–water partition coefficient (Wildman–Crippen LogP) is 27.4. The Labute approximate surface area is 766 Å². The third-order valence-electron chi connectivity index (χ3n) is 29.4. The summed E-state index contributed by atoms with van der Waals surface area (Å²) >= 11 is 0. The first-order valence-electron chi connectivity index (χ1n) is 47.7. The number of hydrogen-bond donors (Lipinski definition) is 0. The molecule has 0 spiro atoms. The molecule has 0 saturated heterocycles. The van der Waals surface area contributed by atoms with E-state index < -0.39 is 0 Å². The van der Waals surface area contributed by atoms with Crippen LogP contribution in [0, 0.1) is 0 Å². The summed E-state index contributed by atoms with van der Waals surface area (Å²) in [6.07, 6.45) is 0. The second-order valence-corrected chi connectivity index (χ2v) is 52.8. The van der Waals surface area contributed by atoms with Crippen molar-refractivity contribution in [1.29, 1.82) is 0 Å². The van der Waals surface area contributed by atoms with Crippen molar-refractivity contribution in [3.8, 4) is 11.5 Å². The summed E-state index contributed by atoms with van der Waals surface area (Å²) in [5.74, 6) is 1.83. The van der Waals surface area contributed by atoms with Gasteiger partial charge in [0.15, 0.2) is 11.5 Å². The van der Waals surface area contributed by atoms with Crippen LogP contribution in [-0.4, -0.2) is 20.1 Å². The van der Waals surface area contributed by atoms with Crippen LogP contribution in [-0.2, 0) is 70.4 Å². The Morgan fingerprint density at radius 2 is 0.378 bits per heavy atom. The molecule has 0 fully saturated rings. The molecule has 7 heterocycles. The van der Waals surface area contributed by atoms with Crippen molar-refractivity contribution >= 4 is 155 Å². The average molecular weight is 1680 g/mol. The first-order valence-corrected chi connectivity index (χ1v) is 47.7. The highest BCUT2D eigenvalue weighted by Gasteiger charge is 2.57. The van der Waals surface area contributed by atoms with Gasteiger partial charge >= 0.3 is 0 Å². The normalized spacial score (nSPS) is 15.5. The molecular weight excluding hydrogens is 1540 g/mol. The highest BCUT2D eigenvalue weighted by molar-refractivity contribution is 7.06. The van der Waals surface area contributed by atoms with Crippen LogP contribution in [0.3, 0.4) is 0 Å². The summed E-state index contributed by atoms with van der Waals surface area (Å²) < 4.78 is 8.07. The van der Waals surface area contributed by atoms with E-state index >= 15 is 0 Å². The first kappa shape index (κ1) is 88.1. The molecule has 0 amide bonds. The van der Waals surface area contributed by atoms with Crippen LogP contribution < -0.4 is 78.4 Å². The molecule has 7 aliphatic heterocycles. The molecule has 0 radical (unpaired) electrons. The maximum Gasteiger partial charge on any atom is 0.252 e. The summed E-state index contributed by atoms with van der Waals surface area (Å²) in [5, 5.41) is 0. The lowest BCUT2D eigenvalue weighted by Gasteiger charge is -2.53. The van der Waals surface area contributed by atoms with Gasteiger partial charge in [0.25, 0.3) is 20.1 Å². The Kier molecular flexibility index (Phi) is 19.1. The van der Waals surface area contributed by atoms with E-state index in [9.17, 15) is 0 Å². The molecule has 0 unspecified atom stereocenters. The van der Waals surface area contributed by atoms with Gasteiger partial charge in [0.05, 0.1) is 11.4 Å². The van der Waals surface area contributed by atoms with Crippen LogP contribution in [0.2, 0.25) is 0 Å². The Hall–Kier alpha value is -9.59. The number of ether oxygens (including phenoxy) is 1. The third-order valence-corrected chi connectivity index (χ3v) is 29.4. The van der Waals surface area contributed by atoms with Crippen molar-refractivity contribution in [2.45, 2.75) is 340 Å². The van der Waals surface area contributed by atoms with Gasteiger partial charge in [-0.15, -0.1) is 0 Å². The smallest absolute Gasteiger partial charge is 0.252 e. The Balaban J connectivity index is 1.08. The van der Waals surface area contributed by atoms with Gasteiger partial charge in [0.2, 0.25) is 0 Å². The van der Waals surface area contributed by atoms with E-state index in [0.29, 0.717) is 0 Å². The minimum atomic E-state index is -0.313. The lowest BCUT2D eigenvalue weighted by Crippen LogP contribution is -2.70. The van der Waals surface area contributed by atoms with E-state index in [1.165, 1.54) is 190 Å². The molecule has 7 aliphatic rings. The lowest BCUT2D eigenvalue weighted by atomic mass is 9.27. The zero-order valence-corrected chi connectivity index (χ0v) is 85.0. The SMILES string of the molecule is CC(C)(C)c1cc(N2c3ccc(C(C)(C)C)cc3B3c4cc5c(cc4N(c4cc(C(C)(C)C)cc(C(C)(C)C)c4)c4cc(C(C)(C)C)cc2c43)N(c2cc(C(C)(C)C)cc(C(C)(C)C)c2)c2cc3c4c6c2B5c2cc(C(C)(C)C)cc5c2N6c2c(cc(C(C)(C)C)cc2B4c2cc(C(C)(C)C)ccc2N3c2cc(C(C)(C)C)cc(C(C)(C)C)c2)O5)cc(C(C)(C)C)c1. The zero-order chi connectivity index (χ0) is 92.4. The van der Waals surface area contributed by atoms with Crippen molar-refractivity contribution in [1.82, 2.24) is 0 Å². The second-order valence-electron chi connectivity index (χ2n) is 52.8. The average Bonchev–Trinajstić information content (AvgIpc) is 0.652. The molecule has 127 heavy (non-hydrogen) atoms. The van der Waals surface area contributed by atoms with Crippen molar-refractivity contribution in [3.63, 3.8) is 0 Å². The van der Waals surface area contributed by atoms with Gasteiger partial charge in [0, 0.05) is 73.9 Å². The van der Waals surface area contributed by atoms with Crippen LogP contribution >= 0.6 is 0 Å². The van der Waals surface area contributed by atoms with Gasteiger partial charge in [-0.2, -0.15) is 0 Å². The van der Waals surface area contributed by atoms with E-state index in [1.807, 2.05) is 0 Å². The molecule has 0 N–H and O–H groups in total. The maximum absolute atomic E-state index is 8.07. The molecular formula is C118H144B3N5O. The summed E-state index contributed by atoms with van der Waals surface area (Å²) in [5.41, 5.74) is 44.1. The van der Waals surface area contributed by atoms with Gasteiger partial charge < -0.3 is 29.2 Å². The first-order chi connectivity index (χ1) is 58.1. The molecule has 6 nitrogen and oxygen atoms in total. The van der Waals surface area contributed by atoms with E-state index in [-0.39, 0.29) is 90.5 Å². The number of benzene rings is 11. The van der Waals surface area contributed by atoms with Crippen molar-refractivity contribution < 1.29 is 4.74 Å². The standard InChI is InChI=1S/C118H144B3N5O/c1-106(2,3)67-40-42-90-84(56-67)119-86-64-87-93(65-92(86)124(82-52-73(112(19,20)21)46-74(53-82)113(22,23)24)95-61-79(118(37,38)39)60-94(100(95)119)122(90)80-48-69(108(7,8)9)44-70(49-80)109(10,11)12)125(83-54-75(114(25,26)27)47-76(55-83)115(28,29)30)97-66-96-101-105-102(97)121(87)89-59-78(117(34,35)36)63-99-104(89)126(105)103-88(58-77(116(31,32)33)62-98(103)127-99)120(101)85-57-68(107(4,5)6)41-43-91(85)123(96)81-50-71(110(13,14)15)45-72(51-81)111(16,17)18/h40-66H,1-39H3. The number of hydrogen-bond acceptors (Lipinski definition) is 6. The minimum Gasteiger partial charge on any atom is -0.453 e. The van der Waals surface area contributed by atoms with Gasteiger partial charge in [-0.1, -0.05) is 337 Å². The Bertz CT molecular complexity index is 6380.